The van der Waals surface area contributed by atoms with Crippen LogP contribution >= 0.6 is 0 Å². The van der Waals surface area contributed by atoms with Gasteiger partial charge in [-0.1, -0.05) is 6.07 Å². The molecule has 1 saturated carbocycles. The molecule has 1 fully saturated rings. The fraction of sp³-hybridized carbons (Fsp3) is 0.588. The van der Waals surface area contributed by atoms with E-state index in [-0.39, 0.29) is 0 Å². The van der Waals surface area contributed by atoms with Crippen molar-refractivity contribution in [3.05, 3.63) is 29.6 Å². The molecule has 3 rings (SSSR count). The lowest BCUT2D eigenvalue weighted by atomic mass is 9.91. The Balaban J connectivity index is 2.14. The number of nitrogens with two attached hydrogens (primary N) is 1. The van der Waals surface area contributed by atoms with Crippen LogP contribution in [0.15, 0.2) is 18.2 Å². The first kappa shape index (κ1) is 14.5. The van der Waals surface area contributed by atoms with Gasteiger partial charge in [0.05, 0.1) is 11.0 Å². The summed E-state index contributed by atoms with van der Waals surface area (Å²) in [4.78, 5) is 4.72. The Morgan fingerprint density at radius 1 is 1.24 bits per heavy atom. The van der Waals surface area contributed by atoms with Crippen molar-refractivity contribution in [2.45, 2.75) is 64.1 Å². The lowest BCUT2D eigenvalue weighted by Crippen LogP contribution is -2.30. The molecule has 0 saturated heterocycles. The lowest BCUT2D eigenvalue weighted by molar-refractivity contribution is 0.0622. The van der Waals surface area contributed by atoms with E-state index in [2.05, 4.69) is 29.7 Å². The Labute approximate surface area is 126 Å². The largest absolute Gasteiger partial charge is 0.383 e. The summed E-state index contributed by atoms with van der Waals surface area (Å²) in [6, 6.07) is 7.04. The summed E-state index contributed by atoms with van der Waals surface area (Å²) in [7, 11) is 0. The van der Waals surface area contributed by atoms with Crippen LogP contribution in [0.2, 0.25) is 0 Å². The van der Waals surface area contributed by atoms with Gasteiger partial charge >= 0.3 is 0 Å². The van der Waals surface area contributed by atoms with Crippen LogP contribution in [0.25, 0.3) is 11.0 Å². The van der Waals surface area contributed by atoms with Gasteiger partial charge in [-0.3, -0.25) is 0 Å². The predicted octanol–water partition coefficient (Wildman–Crippen LogP) is 3.01. The highest BCUT2D eigenvalue weighted by atomic mass is 16.3. The Morgan fingerprint density at radius 2 is 1.90 bits per heavy atom. The summed E-state index contributed by atoms with van der Waals surface area (Å²) in [5.74, 6) is 0.767. The molecule has 114 valence electrons. The van der Waals surface area contributed by atoms with Crippen molar-refractivity contribution in [3.63, 3.8) is 0 Å². The van der Waals surface area contributed by atoms with Gasteiger partial charge in [0, 0.05) is 12.1 Å². The number of nitrogens with zero attached hydrogens (tertiary/aromatic N) is 2. The molecule has 0 unspecified atom stereocenters. The van der Waals surface area contributed by atoms with Gasteiger partial charge in [-0.2, -0.15) is 0 Å². The Kier molecular flexibility index (Phi) is 3.54. The normalized spacial score (nSPS) is 23.7. The number of rotatable bonds is 2. The molecule has 1 aliphatic rings. The second kappa shape index (κ2) is 5.11. The zero-order chi connectivity index (χ0) is 15.2. The molecule has 0 bridgehead atoms. The third-order valence-electron chi connectivity index (χ3n) is 4.50. The Bertz CT molecular complexity index is 646. The predicted molar refractivity (Wildman–Crippen MR) is 85.2 cm³/mol. The molecule has 3 N–H and O–H groups in total. The molecule has 0 aliphatic heterocycles. The highest BCUT2D eigenvalue weighted by molar-refractivity contribution is 5.77. The molecule has 0 radical (unpaired) electrons. The number of hydrogen-bond acceptors (Lipinski definition) is 3. The van der Waals surface area contributed by atoms with Crippen LogP contribution in [-0.4, -0.2) is 20.7 Å². The molecular weight excluding hydrogens is 262 g/mol. The molecule has 4 heteroatoms. The second-order valence-electron chi connectivity index (χ2n) is 6.93. The molecule has 0 spiro atoms. The van der Waals surface area contributed by atoms with E-state index < -0.39 is 5.60 Å². The van der Waals surface area contributed by atoms with E-state index in [0.717, 1.165) is 42.5 Å². The van der Waals surface area contributed by atoms with Gasteiger partial charge in [0.2, 0.25) is 0 Å². The van der Waals surface area contributed by atoms with Crippen LogP contribution in [0.3, 0.4) is 0 Å². The standard InChI is InChI=1S/C17H25N3O/c1-11-4-9-15-14(10-11)19-16(17(2,3)21)20(15)13-7-5-12(18)6-8-13/h4,9-10,12-13,21H,5-8,18H2,1-3H3/t12-,13-. The first-order valence-electron chi connectivity index (χ1n) is 7.83. The summed E-state index contributed by atoms with van der Waals surface area (Å²) >= 11 is 0. The van der Waals surface area contributed by atoms with Crippen molar-refractivity contribution >= 4 is 11.0 Å². The molecule has 0 atom stereocenters. The van der Waals surface area contributed by atoms with Crippen LogP contribution in [0.5, 0.6) is 0 Å². The van der Waals surface area contributed by atoms with Crippen molar-refractivity contribution in [2.75, 3.05) is 0 Å². The maximum Gasteiger partial charge on any atom is 0.141 e. The van der Waals surface area contributed by atoms with Crippen molar-refractivity contribution in [1.29, 1.82) is 0 Å². The van der Waals surface area contributed by atoms with E-state index in [4.69, 9.17) is 10.7 Å². The maximum absolute atomic E-state index is 10.5. The average molecular weight is 287 g/mol. The quantitative estimate of drug-likeness (QED) is 0.892. The maximum atomic E-state index is 10.5. The van der Waals surface area contributed by atoms with Gasteiger partial charge in [-0.15, -0.1) is 0 Å². The fourth-order valence-corrected chi connectivity index (χ4v) is 3.37. The fourth-order valence-electron chi connectivity index (χ4n) is 3.37. The minimum atomic E-state index is -0.938. The SMILES string of the molecule is Cc1ccc2c(c1)nc(C(C)(C)O)n2[C@H]1CC[C@H](N)CC1. The highest BCUT2D eigenvalue weighted by Gasteiger charge is 2.30. The van der Waals surface area contributed by atoms with E-state index in [1.165, 1.54) is 5.56 Å². The van der Waals surface area contributed by atoms with E-state index in [1.807, 2.05) is 13.8 Å². The summed E-state index contributed by atoms with van der Waals surface area (Å²) in [5.41, 5.74) is 8.39. The van der Waals surface area contributed by atoms with Crippen LogP contribution in [0.1, 0.15) is 57.0 Å². The number of fused-ring (bicyclic) bond motifs is 1. The third-order valence-corrected chi connectivity index (χ3v) is 4.50. The van der Waals surface area contributed by atoms with Crippen molar-refractivity contribution in [3.8, 4) is 0 Å². The lowest BCUT2D eigenvalue weighted by Gasteiger charge is -2.31. The van der Waals surface area contributed by atoms with Crippen LogP contribution in [0, 0.1) is 6.92 Å². The smallest absolute Gasteiger partial charge is 0.141 e. The van der Waals surface area contributed by atoms with Crippen molar-refractivity contribution in [1.82, 2.24) is 9.55 Å². The number of hydrogen-bond donors (Lipinski definition) is 2. The number of aromatic nitrogens is 2. The molecule has 1 aromatic heterocycles. The minimum absolute atomic E-state index is 0.323. The second-order valence-corrected chi connectivity index (χ2v) is 6.93. The zero-order valence-electron chi connectivity index (χ0n) is 13.1. The first-order chi connectivity index (χ1) is 9.86. The number of benzene rings is 1. The number of imidazole rings is 1. The van der Waals surface area contributed by atoms with Gasteiger partial charge in [-0.05, 0) is 64.2 Å². The van der Waals surface area contributed by atoms with Gasteiger partial charge < -0.3 is 15.4 Å². The molecule has 21 heavy (non-hydrogen) atoms. The zero-order valence-corrected chi connectivity index (χ0v) is 13.1. The van der Waals surface area contributed by atoms with Gasteiger partial charge in [-0.25, -0.2) is 4.98 Å². The van der Waals surface area contributed by atoms with Gasteiger partial charge in [0.15, 0.2) is 0 Å². The van der Waals surface area contributed by atoms with Crippen LogP contribution in [-0.2, 0) is 5.60 Å². The van der Waals surface area contributed by atoms with E-state index in [1.54, 1.807) is 0 Å². The van der Waals surface area contributed by atoms with Gasteiger partial charge in [0.1, 0.15) is 11.4 Å². The molecule has 0 amide bonds. The van der Waals surface area contributed by atoms with E-state index in [0.29, 0.717) is 12.1 Å². The minimum Gasteiger partial charge on any atom is -0.383 e. The van der Waals surface area contributed by atoms with Crippen LogP contribution < -0.4 is 5.73 Å². The summed E-state index contributed by atoms with van der Waals surface area (Å²) in [5, 5.41) is 10.5. The van der Waals surface area contributed by atoms with Gasteiger partial charge in [0.25, 0.3) is 0 Å². The molecule has 2 aromatic rings. The first-order valence-corrected chi connectivity index (χ1v) is 7.83. The topological polar surface area (TPSA) is 64.1 Å². The Hall–Kier alpha value is -1.39. The average Bonchev–Trinajstić information content (AvgIpc) is 2.78. The van der Waals surface area contributed by atoms with E-state index in [9.17, 15) is 5.11 Å². The van der Waals surface area contributed by atoms with E-state index >= 15 is 0 Å². The number of aliphatic hydroxyl groups is 1. The summed E-state index contributed by atoms with van der Waals surface area (Å²) in [6.45, 7) is 5.69. The van der Waals surface area contributed by atoms with Crippen LogP contribution in [0.4, 0.5) is 0 Å². The highest BCUT2D eigenvalue weighted by Crippen LogP contribution is 2.35. The summed E-state index contributed by atoms with van der Waals surface area (Å²) < 4.78 is 2.25. The molecule has 1 heterocycles. The van der Waals surface area contributed by atoms with Crippen molar-refractivity contribution < 1.29 is 5.11 Å². The molecule has 1 aromatic carbocycles. The Morgan fingerprint density at radius 3 is 2.52 bits per heavy atom. The summed E-state index contributed by atoms with van der Waals surface area (Å²) in [6.07, 6.45) is 4.20. The van der Waals surface area contributed by atoms with Crippen molar-refractivity contribution in [2.24, 2.45) is 5.73 Å². The third kappa shape index (κ3) is 2.70. The number of aryl methyl sites for hydroxylation is 1. The molecule has 4 nitrogen and oxygen atoms in total. The molecule has 1 aliphatic carbocycles. The molecular formula is C17H25N3O. The monoisotopic (exact) mass is 287 g/mol.